The summed E-state index contributed by atoms with van der Waals surface area (Å²) in [7, 11) is 0. The molecule has 0 amide bonds. The Morgan fingerprint density at radius 1 is 1.38 bits per heavy atom. The zero-order valence-corrected chi connectivity index (χ0v) is 8.92. The largest absolute Gasteiger partial charge is 0.323 e. The molecule has 0 fully saturated rings. The first-order chi connectivity index (χ1) is 5.70. The molecular weight excluding hydrogens is 184 g/mol. The maximum absolute atomic E-state index is 5.93. The highest BCUT2D eigenvalue weighted by Gasteiger charge is 2.07. The van der Waals surface area contributed by atoms with Gasteiger partial charge in [0, 0.05) is 12.2 Å². The van der Waals surface area contributed by atoms with E-state index in [4.69, 9.17) is 5.73 Å². The van der Waals surface area contributed by atoms with Gasteiger partial charge in [-0.25, -0.2) is 0 Å². The average molecular weight is 201 g/mol. The SMILES string of the molecule is CC(C)C[C@@H](N)c1ccccn1.Cl. The first-order valence-corrected chi connectivity index (χ1v) is 4.36. The molecule has 0 bridgehead atoms. The van der Waals surface area contributed by atoms with E-state index in [2.05, 4.69) is 18.8 Å². The number of hydrogen-bond donors (Lipinski definition) is 1. The molecule has 0 saturated heterocycles. The molecule has 0 aromatic carbocycles. The van der Waals surface area contributed by atoms with Gasteiger partial charge >= 0.3 is 0 Å². The van der Waals surface area contributed by atoms with Crippen LogP contribution in [0.3, 0.4) is 0 Å². The molecule has 0 radical (unpaired) electrons. The van der Waals surface area contributed by atoms with E-state index < -0.39 is 0 Å². The van der Waals surface area contributed by atoms with E-state index in [0.717, 1.165) is 12.1 Å². The van der Waals surface area contributed by atoms with Gasteiger partial charge in [-0.3, -0.25) is 4.98 Å². The number of pyridine rings is 1. The average Bonchev–Trinajstić information content (AvgIpc) is 2.05. The fourth-order valence-electron chi connectivity index (χ4n) is 1.22. The summed E-state index contributed by atoms with van der Waals surface area (Å²) in [6.45, 7) is 4.34. The molecule has 0 saturated carbocycles. The summed E-state index contributed by atoms with van der Waals surface area (Å²) < 4.78 is 0. The maximum atomic E-state index is 5.93. The van der Waals surface area contributed by atoms with Crippen LogP contribution < -0.4 is 5.73 Å². The van der Waals surface area contributed by atoms with Crippen LogP contribution in [0.25, 0.3) is 0 Å². The van der Waals surface area contributed by atoms with Crippen LogP contribution in [0.4, 0.5) is 0 Å². The first kappa shape index (κ1) is 12.4. The van der Waals surface area contributed by atoms with Crippen molar-refractivity contribution >= 4 is 12.4 Å². The van der Waals surface area contributed by atoms with Gasteiger partial charge in [-0.05, 0) is 24.5 Å². The van der Waals surface area contributed by atoms with Crippen molar-refractivity contribution in [1.82, 2.24) is 4.98 Å². The molecule has 3 heteroatoms. The van der Waals surface area contributed by atoms with Gasteiger partial charge in [-0.2, -0.15) is 0 Å². The summed E-state index contributed by atoms with van der Waals surface area (Å²) in [5.41, 5.74) is 6.93. The minimum absolute atomic E-state index is 0. The van der Waals surface area contributed by atoms with E-state index in [1.54, 1.807) is 6.20 Å². The number of hydrogen-bond acceptors (Lipinski definition) is 2. The maximum Gasteiger partial charge on any atom is 0.0571 e. The van der Waals surface area contributed by atoms with Crippen LogP contribution in [0.5, 0.6) is 0 Å². The molecular formula is C10H17ClN2. The van der Waals surface area contributed by atoms with E-state index in [1.165, 1.54) is 0 Å². The lowest BCUT2D eigenvalue weighted by Crippen LogP contribution is -2.13. The zero-order chi connectivity index (χ0) is 8.97. The number of halogens is 1. The lowest BCUT2D eigenvalue weighted by molar-refractivity contribution is 0.502. The summed E-state index contributed by atoms with van der Waals surface area (Å²) in [4.78, 5) is 4.21. The highest BCUT2D eigenvalue weighted by molar-refractivity contribution is 5.85. The minimum atomic E-state index is 0. The predicted octanol–water partition coefficient (Wildman–Crippen LogP) is 2.55. The Morgan fingerprint density at radius 3 is 2.54 bits per heavy atom. The molecule has 2 nitrogen and oxygen atoms in total. The molecule has 1 rings (SSSR count). The Labute approximate surface area is 86.0 Å². The molecule has 74 valence electrons. The van der Waals surface area contributed by atoms with Gasteiger partial charge < -0.3 is 5.73 Å². The second-order valence-electron chi connectivity index (χ2n) is 3.49. The van der Waals surface area contributed by atoms with Gasteiger partial charge in [0.25, 0.3) is 0 Å². The number of aromatic nitrogens is 1. The molecule has 1 aromatic heterocycles. The quantitative estimate of drug-likeness (QED) is 0.815. The first-order valence-electron chi connectivity index (χ1n) is 4.36. The van der Waals surface area contributed by atoms with Crippen molar-refractivity contribution in [2.45, 2.75) is 26.3 Å². The van der Waals surface area contributed by atoms with Crippen molar-refractivity contribution in [2.75, 3.05) is 0 Å². The Kier molecular flexibility index (Phi) is 5.67. The highest BCUT2D eigenvalue weighted by atomic mass is 35.5. The monoisotopic (exact) mass is 200 g/mol. The minimum Gasteiger partial charge on any atom is -0.323 e. The van der Waals surface area contributed by atoms with Crippen LogP contribution in [0.15, 0.2) is 24.4 Å². The van der Waals surface area contributed by atoms with E-state index in [1.807, 2.05) is 18.2 Å². The standard InChI is InChI=1S/C10H16N2.ClH/c1-8(2)7-9(11)10-5-3-4-6-12-10;/h3-6,8-9H,7,11H2,1-2H3;1H/t9-;/m1./s1. The fourth-order valence-corrected chi connectivity index (χ4v) is 1.22. The van der Waals surface area contributed by atoms with Crippen molar-refractivity contribution in [1.29, 1.82) is 0 Å². The van der Waals surface area contributed by atoms with Crippen molar-refractivity contribution in [3.05, 3.63) is 30.1 Å². The summed E-state index contributed by atoms with van der Waals surface area (Å²) in [6, 6.07) is 5.95. The molecule has 0 spiro atoms. The molecule has 2 N–H and O–H groups in total. The van der Waals surface area contributed by atoms with Crippen LogP contribution in [0, 0.1) is 5.92 Å². The Bertz CT molecular complexity index is 224. The van der Waals surface area contributed by atoms with Crippen LogP contribution in [0.2, 0.25) is 0 Å². The second kappa shape index (κ2) is 5.95. The van der Waals surface area contributed by atoms with Crippen LogP contribution >= 0.6 is 12.4 Å². The Morgan fingerprint density at radius 2 is 2.08 bits per heavy atom. The van der Waals surface area contributed by atoms with Gasteiger partial charge in [0.2, 0.25) is 0 Å². The lowest BCUT2D eigenvalue weighted by Gasteiger charge is -2.12. The molecule has 0 aliphatic heterocycles. The van der Waals surface area contributed by atoms with Gasteiger partial charge in [0.15, 0.2) is 0 Å². The third-order valence-electron chi connectivity index (χ3n) is 1.79. The zero-order valence-electron chi connectivity index (χ0n) is 8.10. The Hall–Kier alpha value is -0.600. The van der Waals surface area contributed by atoms with Crippen LogP contribution in [0.1, 0.15) is 32.0 Å². The Balaban J connectivity index is 0.00000144. The van der Waals surface area contributed by atoms with Gasteiger partial charge in [-0.1, -0.05) is 19.9 Å². The molecule has 0 aliphatic carbocycles. The summed E-state index contributed by atoms with van der Waals surface area (Å²) in [6.07, 6.45) is 2.78. The van der Waals surface area contributed by atoms with E-state index in [-0.39, 0.29) is 18.4 Å². The van der Waals surface area contributed by atoms with E-state index in [9.17, 15) is 0 Å². The second-order valence-corrected chi connectivity index (χ2v) is 3.49. The summed E-state index contributed by atoms with van der Waals surface area (Å²) >= 11 is 0. The topological polar surface area (TPSA) is 38.9 Å². The third kappa shape index (κ3) is 4.25. The molecule has 1 heterocycles. The van der Waals surface area contributed by atoms with Crippen molar-refractivity contribution in [3.63, 3.8) is 0 Å². The van der Waals surface area contributed by atoms with Gasteiger partial charge in [-0.15, -0.1) is 12.4 Å². The van der Waals surface area contributed by atoms with Gasteiger partial charge in [0.1, 0.15) is 0 Å². The van der Waals surface area contributed by atoms with E-state index >= 15 is 0 Å². The van der Waals surface area contributed by atoms with Crippen LogP contribution in [-0.2, 0) is 0 Å². The number of rotatable bonds is 3. The van der Waals surface area contributed by atoms with Gasteiger partial charge in [0.05, 0.1) is 5.69 Å². The third-order valence-corrected chi connectivity index (χ3v) is 1.79. The van der Waals surface area contributed by atoms with E-state index in [0.29, 0.717) is 5.92 Å². The number of nitrogens with two attached hydrogens (primary N) is 1. The number of nitrogens with zero attached hydrogens (tertiary/aromatic N) is 1. The lowest BCUT2D eigenvalue weighted by atomic mass is 10.0. The van der Waals surface area contributed by atoms with Crippen LogP contribution in [-0.4, -0.2) is 4.98 Å². The van der Waals surface area contributed by atoms with Crippen molar-refractivity contribution < 1.29 is 0 Å². The molecule has 13 heavy (non-hydrogen) atoms. The molecule has 1 aromatic rings. The summed E-state index contributed by atoms with van der Waals surface area (Å²) in [5, 5.41) is 0. The fraction of sp³-hybridized carbons (Fsp3) is 0.500. The molecule has 1 atom stereocenters. The predicted molar refractivity (Wildman–Crippen MR) is 57.9 cm³/mol. The smallest absolute Gasteiger partial charge is 0.0571 e. The highest BCUT2D eigenvalue weighted by Crippen LogP contribution is 2.15. The molecule has 0 aliphatic rings. The van der Waals surface area contributed by atoms with Crippen molar-refractivity contribution in [2.24, 2.45) is 11.7 Å². The summed E-state index contributed by atoms with van der Waals surface area (Å²) in [5.74, 6) is 0.627. The normalized spacial score (nSPS) is 12.3. The van der Waals surface area contributed by atoms with Crippen molar-refractivity contribution in [3.8, 4) is 0 Å². The molecule has 0 unspecified atom stereocenters.